The summed E-state index contributed by atoms with van der Waals surface area (Å²) in [5.74, 6) is 0.577. The number of hydrogen-bond acceptors (Lipinski definition) is 0. The van der Waals surface area contributed by atoms with E-state index in [4.69, 9.17) is 11.6 Å². The van der Waals surface area contributed by atoms with Gasteiger partial charge in [0, 0.05) is 5.38 Å². The van der Waals surface area contributed by atoms with Gasteiger partial charge in [0.05, 0.1) is 0 Å². The predicted molar refractivity (Wildman–Crippen MR) is 61.8 cm³/mol. The molecule has 0 aliphatic heterocycles. The zero-order valence-corrected chi connectivity index (χ0v) is 9.73. The lowest BCUT2D eigenvalue weighted by atomic mass is 10.0. The topological polar surface area (TPSA) is 0 Å². The third-order valence-corrected chi connectivity index (χ3v) is 3.71. The van der Waals surface area contributed by atoms with Crippen LogP contribution in [0, 0.1) is 18.7 Å². The minimum Gasteiger partial charge on any atom is -0.207 e. The first-order chi connectivity index (χ1) is 7.16. The number of alkyl halides is 1. The van der Waals surface area contributed by atoms with E-state index < -0.39 is 0 Å². The second kappa shape index (κ2) is 4.52. The highest BCUT2D eigenvalue weighted by molar-refractivity contribution is 6.20. The lowest BCUT2D eigenvalue weighted by Gasteiger charge is -2.09. The van der Waals surface area contributed by atoms with Crippen LogP contribution in [-0.2, 0) is 6.42 Å². The van der Waals surface area contributed by atoms with Crippen LogP contribution in [0.3, 0.4) is 0 Å². The molecule has 0 radical (unpaired) electrons. The van der Waals surface area contributed by atoms with Crippen molar-refractivity contribution in [3.05, 3.63) is 35.1 Å². The molecular formula is C13H16ClF. The van der Waals surface area contributed by atoms with Crippen LogP contribution in [0.15, 0.2) is 18.2 Å². The van der Waals surface area contributed by atoms with Crippen molar-refractivity contribution >= 4 is 11.6 Å². The Morgan fingerprint density at radius 3 is 2.87 bits per heavy atom. The summed E-state index contributed by atoms with van der Waals surface area (Å²) in [5.41, 5.74) is 2.26. The summed E-state index contributed by atoms with van der Waals surface area (Å²) in [6.07, 6.45) is 4.41. The Morgan fingerprint density at radius 2 is 2.20 bits per heavy atom. The van der Waals surface area contributed by atoms with Crippen LogP contribution in [0.25, 0.3) is 0 Å². The van der Waals surface area contributed by atoms with Gasteiger partial charge >= 0.3 is 0 Å². The first-order valence-electron chi connectivity index (χ1n) is 5.56. The van der Waals surface area contributed by atoms with Crippen molar-refractivity contribution < 1.29 is 4.39 Å². The normalized spacial score (nSPS) is 17.8. The SMILES string of the molecule is Cc1ccc(F)cc1CCC(Cl)C1CC1. The standard InChI is InChI=1S/C13H16ClF/c1-9-2-6-12(15)8-11(9)5-7-13(14)10-3-4-10/h2,6,8,10,13H,3-5,7H2,1H3. The second-order valence-corrected chi connectivity index (χ2v) is 5.02. The van der Waals surface area contributed by atoms with Crippen molar-refractivity contribution in [1.29, 1.82) is 0 Å². The third kappa shape index (κ3) is 2.94. The lowest BCUT2D eigenvalue weighted by Crippen LogP contribution is -2.04. The molecular weight excluding hydrogens is 211 g/mol. The molecule has 82 valence electrons. The van der Waals surface area contributed by atoms with Crippen LogP contribution >= 0.6 is 11.6 Å². The summed E-state index contributed by atoms with van der Waals surface area (Å²) < 4.78 is 13.0. The minimum absolute atomic E-state index is 0.145. The number of hydrogen-bond donors (Lipinski definition) is 0. The van der Waals surface area contributed by atoms with Crippen molar-refractivity contribution in [2.24, 2.45) is 5.92 Å². The van der Waals surface area contributed by atoms with Gasteiger partial charge in [-0.1, -0.05) is 6.07 Å². The van der Waals surface area contributed by atoms with Crippen LogP contribution in [0.1, 0.15) is 30.4 Å². The molecule has 1 aliphatic carbocycles. The zero-order chi connectivity index (χ0) is 10.8. The van der Waals surface area contributed by atoms with Crippen molar-refractivity contribution in [3.8, 4) is 0 Å². The van der Waals surface area contributed by atoms with Gasteiger partial charge in [-0.25, -0.2) is 4.39 Å². The fourth-order valence-electron chi connectivity index (χ4n) is 1.90. The van der Waals surface area contributed by atoms with Crippen molar-refractivity contribution in [2.75, 3.05) is 0 Å². The van der Waals surface area contributed by atoms with Crippen molar-refractivity contribution in [1.82, 2.24) is 0 Å². The van der Waals surface area contributed by atoms with E-state index in [0.29, 0.717) is 0 Å². The Hall–Kier alpha value is -0.560. The molecule has 0 heterocycles. The number of benzene rings is 1. The molecule has 0 N–H and O–H groups in total. The first-order valence-corrected chi connectivity index (χ1v) is 5.99. The van der Waals surface area contributed by atoms with E-state index in [1.807, 2.05) is 13.0 Å². The predicted octanol–water partition coefficient (Wildman–Crippen LogP) is 4.08. The van der Waals surface area contributed by atoms with Crippen LogP contribution in [0.2, 0.25) is 0 Å². The molecule has 1 fully saturated rings. The molecule has 15 heavy (non-hydrogen) atoms. The Balaban J connectivity index is 1.94. The van der Waals surface area contributed by atoms with E-state index in [1.54, 1.807) is 6.07 Å². The summed E-state index contributed by atoms with van der Waals surface area (Å²) in [7, 11) is 0. The summed E-state index contributed by atoms with van der Waals surface area (Å²) >= 11 is 6.23. The maximum Gasteiger partial charge on any atom is 0.123 e. The molecule has 0 bridgehead atoms. The Kier molecular flexibility index (Phi) is 3.30. The van der Waals surface area contributed by atoms with Gasteiger partial charge in [0.15, 0.2) is 0 Å². The van der Waals surface area contributed by atoms with Gasteiger partial charge < -0.3 is 0 Å². The zero-order valence-electron chi connectivity index (χ0n) is 8.97. The van der Waals surface area contributed by atoms with Gasteiger partial charge in [0.2, 0.25) is 0 Å². The monoisotopic (exact) mass is 226 g/mol. The van der Waals surface area contributed by atoms with E-state index in [1.165, 1.54) is 18.9 Å². The maximum absolute atomic E-state index is 13.0. The Bertz CT molecular complexity index is 344. The van der Waals surface area contributed by atoms with Gasteiger partial charge in [-0.05, 0) is 61.8 Å². The summed E-state index contributed by atoms with van der Waals surface area (Å²) in [5, 5.41) is 0.285. The van der Waals surface area contributed by atoms with Crippen molar-refractivity contribution in [3.63, 3.8) is 0 Å². The maximum atomic E-state index is 13.0. The van der Waals surface area contributed by atoms with Crippen LogP contribution in [-0.4, -0.2) is 5.38 Å². The highest BCUT2D eigenvalue weighted by atomic mass is 35.5. The van der Waals surface area contributed by atoms with Crippen LogP contribution < -0.4 is 0 Å². The molecule has 0 spiro atoms. The van der Waals surface area contributed by atoms with Crippen LogP contribution in [0.4, 0.5) is 4.39 Å². The van der Waals surface area contributed by atoms with Gasteiger partial charge in [-0.2, -0.15) is 0 Å². The molecule has 1 aliphatic rings. The fraction of sp³-hybridized carbons (Fsp3) is 0.538. The smallest absolute Gasteiger partial charge is 0.123 e. The Morgan fingerprint density at radius 1 is 1.47 bits per heavy atom. The molecule has 0 aromatic heterocycles. The molecule has 1 saturated carbocycles. The Labute approximate surface area is 95.4 Å². The molecule has 2 rings (SSSR count). The molecule has 0 amide bonds. The average molecular weight is 227 g/mol. The van der Waals surface area contributed by atoms with Crippen molar-refractivity contribution in [2.45, 2.75) is 38.0 Å². The van der Waals surface area contributed by atoms with E-state index in [0.717, 1.165) is 29.9 Å². The highest BCUT2D eigenvalue weighted by Crippen LogP contribution is 2.37. The molecule has 2 heteroatoms. The molecule has 1 unspecified atom stereocenters. The average Bonchev–Trinajstić information content (AvgIpc) is 3.02. The first kappa shape index (κ1) is 10.9. The lowest BCUT2D eigenvalue weighted by molar-refractivity contribution is 0.620. The summed E-state index contributed by atoms with van der Waals surface area (Å²) in [4.78, 5) is 0. The van der Waals surface area contributed by atoms with Gasteiger partial charge in [-0.3, -0.25) is 0 Å². The quantitative estimate of drug-likeness (QED) is 0.679. The van der Waals surface area contributed by atoms with Gasteiger partial charge in [0.1, 0.15) is 5.82 Å². The summed E-state index contributed by atoms with van der Waals surface area (Å²) in [6, 6.07) is 4.98. The van der Waals surface area contributed by atoms with E-state index in [-0.39, 0.29) is 11.2 Å². The van der Waals surface area contributed by atoms with E-state index in [9.17, 15) is 4.39 Å². The van der Waals surface area contributed by atoms with Gasteiger partial charge in [0.25, 0.3) is 0 Å². The fourth-order valence-corrected chi connectivity index (χ4v) is 2.26. The molecule has 0 saturated heterocycles. The second-order valence-electron chi connectivity index (χ2n) is 4.46. The van der Waals surface area contributed by atoms with Gasteiger partial charge in [-0.15, -0.1) is 11.6 Å². The molecule has 1 atom stereocenters. The number of aryl methyl sites for hydroxylation is 2. The minimum atomic E-state index is -0.145. The summed E-state index contributed by atoms with van der Waals surface area (Å²) in [6.45, 7) is 2.02. The van der Waals surface area contributed by atoms with E-state index >= 15 is 0 Å². The largest absolute Gasteiger partial charge is 0.207 e. The molecule has 0 nitrogen and oxygen atoms in total. The van der Waals surface area contributed by atoms with Crippen LogP contribution in [0.5, 0.6) is 0 Å². The highest BCUT2D eigenvalue weighted by Gasteiger charge is 2.29. The molecule has 1 aromatic rings. The van der Waals surface area contributed by atoms with E-state index in [2.05, 4.69) is 0 Å². The third-order valence-electron chi connectivity index (χ3n) is 3.13. The molecule has 1 aromatic carbocycles. The number of halogens is 2. The number of rotatable bonds is 4.